The highest BCUT2D eigenvalue weighted by atomic mass is 16.6. The summed E-state index contributed by atoms with van der Waals surface area (Å²) in [5.41, 5.74) is 1.64. The standard InChI is InChI=1S/C21H24O6/c1-13(2)7-5-8-14(3)11-12-25-17-10-6-9-16-18(23)20(26-15(4)22)21(24)27-19(16)17/h6-7,9-11,23H,5,8,12H2,1-4H3/b14-11+. The van der Waals surface area contributed by atoms with Crippen molar-refractivity contribution in [2.24, 2.45) is 0 Å². The van der Waals surface area contributed by atoms with Crippen molar-refractivity contribution in [2.45, 2.75) is 40.5 Å². The van der Waals surface area contributed by atoms with Crippen molar-refractivity contribution in [2.75, 3.05) is 6.61 Å². The highest BCUT2D eigenvalue weighted by molar-refractivity contribution is 5.90. The van der Waals surface area contributed by atoms with Gasteiger partial charge in [-0.3, -0.25) is 4.79 Å². The Morgan fingerprint density at radius 2 is 1.93 bits per heavy atom. The highest BCUT2D eigenvalue weighted by Crippen LogP contribution is 2.35. The van der Waals surface area contributed by atoms with E-state index in [2.05, 4.69) is 19.9 Å². The molecule has 0 atom stereocenters. The lowest BCUT2D eigenvalue weighted by Crippen LogP contribution is -2.11. The summed E-state index contributed by atoms with van der Waals surface area (Å²) < 4.78 is 15.7. The van der Waals surface area contributed by atoms with E-state index in [0.29, 0.717) is 12.4 Å². The Morgan fingerprint density at radius 1 is 1.19 bits per heavy atom. The summed E-state index contributed by atoms with van der Waals surface area (Å²) in [4.78, 5) is 23.1. The van der Waals surface area contributed by atoms with Crippen LogP contribution >= 0.6 is 0 Å². The van der Waals surface area contributed by atoms with Crippen LogP contribution in [-0.4, -0.2) is 17.7 Å². The SMILES string of the molecule is CC(=O)Oc1c(O)c2cccc(OC/C=C(\C)CCC=C(C)C)c2oc1=O. The number of allylic oxidation sites excluding steroid dienone is 3. The lowest BCUT2D eigenvalue weighted by molar-refractivity contribution is -0.132. The number of esters is 1. The van der Waals surface area contributed by atoms with Crippen molar-refractivity contribution in [1.82, 2.24) is 0 Å². The topological polar surface area (TPSA) is 86.0 Å². The fourth-order valence-corrected chi connectivity index (χ4v) is 2.48. The number of aromatic hydroxyl groups is 1. The van der Waals surface area contributed by atoms with Gasteiger partial charge < -0.3 is 19.0 Å². The van der Waals surface area contributed by atoms with E-state index in [0.717, 1.165) is 19.8 Å². The Kier molecular flexibility index (Phi) is 6.82. The molecule has 1 aromatic carbocycles. The second-order valence-electron chi connectivity index (χ2n) is 6.48. The maximum Gasteiger partial charge on any atom is 0.383 e. The normalized spacial score (nSPS) is 11.3. The Morgan fingerprint density at radius 3 is 2.59 bits per heavy atom. The molecule has 0 amide bonds. The van der Waals surface area contributed by atoms with Crippen LogP contribution in [0.4, 0.5) is 0 Å². The van der Waals surface area contributed by atoms with Crippen molar-refractivity contribution >= 4 is 16.9 Å². The first-order valence-corrected chi connectivity index (χ1v) is 8.68. The molecular formula is C21H24O6. The molecule has 6 nitrogen and oxygen atoms in total. The zero-order valence-corrected chi connectivity index (χ0v) is 16.0. The lowest BCUT2D eigenvalue weighted by Gasteiger charge is -2.09. The van der Waals surface area contributed by atoms with Crippen LogP contribution in [0, 0.1) is 0 Å². The van der Waals surface area contributed by atoms with Gasteiger partial charge in [-0.05, 0) is 51.8 Å². The van der Waals surface area contributed by atoms with Gasteiger partial charge in [0.2, 0.25) is 0 Å². The summed E-state index contributed by atoms with van der Waals surface area (Å²) >= 11 is 0. The molecule has 0 fully saturated rings. The third-order valence-corrected chi connectivity index (χ3v) is 3.84. The number of rotatable bonds is 7. The molecule has 0 saturated heterocycles. The van der Waals surface area contributed by atoms with Gasteiger partial charge in [0.25, 0.3) is 5.75 Å². The fraction of sp³-hybridized carbons (Fsp3) is 0.333. The molecule has 1 heterocycles. The van der Waals surface area contributed by atoms with Crippen molar-refractivity contribution < 1.29 is 23.8 Å². The average Bonchev–Trinajstić information content (AvgIpc) is 2.58. The summed E-state index contributed by atoms with van der Waals surface area (Å²) in [6, 6.07) is 4.84. The van der Waals surface area contributed by atoms with Gasteiger partial charge in [0.1, 0.15) is 6.61 Å². The number of benzene rings is 1. The fourth-order valence-electron chi connectivity index (χ4n) is 2.48. The Hall–Kier alpha value is -3.02. The summed E-state index contributed by atoms with van der Waals surface area (Å²) in [6.07, 6.45) is 6.05. The molecule has 6 heteroatoms. The summed E-state index contributed by atoms with van der Waals surface area (Å²) in [5, 5.41) is 10.5. The monoisotopic (exact) mass is 372 g/mol. The average molecular weight is 372 g/mol. The largest absolute Gasteiger partial charge is 0.504 e. The third-order valence-electron chi connectivity index (χ3n) is 3.84. The predicted molar refractivity (Wildman–Crippen MR) is 103 cm³/mol. The van der Waals surface area contributed by atoms with E-state index in [1.807, 2.05) is 13.0 Å². The van der Waals surface area contributed by atoms with Crippen molar-refractivity contribution in [3.05, 3.63) is 51.9 Å². The van der Waals surface area contributed by atoms with E-state index in [1.165, 1.54) is 11.1 Å². The lowest BCUT2D eigenvalue weighted by atomic mass is 10.1. The molecule has 27 heavy (non-hydrogen) atoms. The molecule has 0 aliphatic rings. The second kappa shape index (κ2) is 9.07. The van der Waals surface area contributed by atoms with Crippen LogP contribution in [-0.2, 0) is 4.79 Å². The van der Waals surface area contributed by atoms with Gasteiger partial charge in [-0.25, -0.2) is 4.79 Å². The van der Waals surface area contributed by atoms with E-state index < -0.39 is 23.1 Å². The van der Waals surface area contributed by atoms with Crippen molar-refractivity contribution in [1.29, 1.82) is 0 Å². The molecule has 0 saturated carbocycles. The van der Waals surface area contributed by atoms with E-state index in [-0.39, 0.29) is 11.0 Å². The molecular weight excluding hydrogens is 348 g/mol. The molecule has 2 aromatic rings. The number of fused-ring (bicyclic) bond motifs is 1. The van der Waals surface area contributed by atoms with Gasteiger partial charge in [0, 0.05) is 6.92 Å². The highest BCUT2D eigenvalue weighted by Gasteiger charge is 2.19. The van der Waals surface area contributed by atoms with Crippen molar-refractivity contribution in [3.8, 4) is 17.2 Å². The summed E-state index contributed by atoms with van der Waals surface area (Å²) in [5.74, 6) is -1.38. The maximum absolute atomic E-state index is 12.0. The first-order chi connectivity index (χ1) is 12.8. The van der Waals surface area contributed by atoms with Crippen LogP contribution in [0.1, 0.15) is 40.5 Å². The molecule has 0 radical (unpaired) electrons. The molecule has 0 unspecified atom stereocenters. The molecule has 0 bridgehead atoms. The number of carbonyl (C=O) groups is 1. The Balaban J connectivity index is 2.21. The van der Waals surface area contributed by atoms with Crippen LogP contribution in [0.2, 0.25) is 0 Å². The molecule has 0 spiro atoms. The van der Waals surface area contributed by atoms with E-state index >= 15 is 0 Å². The van der Waals surface area contributed by atoms with Gasteiger partial charge in [0.15, 0.2) is 17.1 Å². The summed E-state index contributed by atoms with van der Waals surface area (Å²) in [7, 11) is 0. The number of hydrogen-bond acceptors (Lipinski definition) is 6. The number of ether oxygens (including phenoxy) is 2. The minimum atomic E-state index is -0.945. The van der Waals surface area contributed by atoms with Crippen LogP contribution in [0.25, 0.3) is 11.0 Å². The Labute approximate surface area is 157 Å². The smallest absolute Gasteiger partial charge is 0.383 e. The third kappa shape index (κ3) is 5.48. The van der Waals surface area contributed by atoms with Crippen LogP contribution in [0.5, 0.6) is 17.2 Å². The molecule has 144 valence electrons. The second-order valence-corrected chi connectivity index (χ2v) is 6.48. The first kappa shape index (κ1) is 20.3. The van der Waals surface area contributed by atoms with E-state index in [1.54, 1.807) is 18.2 Å². The zero-order chi connectivity index (χ0) is 20.0. The van der Waals surface area contributed by atoms with Crippen LogP contribution in [0.15, 0.2) is 50.7 Å². The number of para-hydroxylation sites is 1. The maximum atomic E-state index is 12.0. The molecule has 1 N–H and O–H groups in total. The molecule has 1 aromatic heterocycles. The van der Waals surface area contributed by atoms with Gasteiger partial charge in [-0.15, -0.1) is 0 Å². The summed E-state index contributed by atoms with van der Waals surface area (Å²) in [6.45, 7) is 7.60. The minimum Gasteiger partial charge on any atom is -0.504 e. The zero-order valence-electron chi connectivity index (χ0n) is 16.0. The molecule has 0 aliphatic heterocycles. The van der Waals surface area contributed by atoms with Crippen LogP contribution in [0.3, 0.4) is 0 Å². The van der Waals surface area contributed by atoms with Gasteiger partial charge in [-0.2, -0.15) is 0 Å². The van der Waals surface area contributed by atoms with Gasteiger partial charge in [0.05, 0.1) is 5.39 Å². The van der Waals surface area contributed by atoms with E-state index in [9.17, 15) is 14.7 Å². The quantitative estimate of drug-likeness (QED) is 0.438. The molecule has 0 aliphatic carbocycles. The minimum absolute atomic E-state index is 0.103. The predicted octanol–water partition coefficient (Wildman–Crippen LogP) is 4.50. The van der Waals surface area contributed by atoms with Crippen LogP contribution < -0.4 is 15.1 Å². The van der Waals surface area contributed by atoms with Crippen molar-refractivity contribution in [3.63, 3.8) is 0 Å². The van der Waals surface area contributed by atoms with Gasteiger partial charge in [-0.1, -0.05) is 23.3 Å². The van der Waals surface area contributed by atoms with Gasteiger partial charge >= 0.3 is 11.6 Å². The molecule has 2 rings (SSSR count). The van der Waals surface area contributed by atoms with E-state index in [4.69, 9.17) is 13.9 Å². The number of hydrogen-bond donors (Lipinski definition) is 1. The first-order valence-electron chi connectivity index (χ1n) is 8.68. The Bertz CT molecular complexity index is 945. The number of carbonyl (C=O) groups excluding carboxylic acids is 1.